The highest BCUT2D eigenvalue weighted by atomic mass is 35.6. The Bertz CT molecular complexity index is 909. The van der Waals surface area contributed by atoms with Crippen LogP contribution in [-0.4, -0.2) is 35.2 Å². The molecular formula is C19H19Cl4N3O3S. The molecule has 0 saturated carbocycles. The van der Waals surface area contributed by atoms with Gasteiger partial charge in [0.25, 0.3) is 0 Å². The minimum absolute atomic E-state index is 0.0178. The molecule has 2 aromatic carbocycles. The fourth-order valence-corrected chi connectivity index (χ4v) is 3.18. The molecule has 30 heavy (non-hydrogen) atoms. The molecule has 0 radical (unpaired) electrons. The van der Waals surface area contributed by atoms with E-state index in [1.807, 2.05) is 0 Å². The summed E-state index contributed by atoms with van der Waals surface area (Å²) in [6.45, 7) is 0. The van der Waals surface area contributed by atoms with Gasteiger partial charge in [0.05, 0.1) is 31.4 Å². The molecule has 11 heteroatoms. The van der Waals surface area contributed by atoms with Gasteiger partial charge in [0.1, 0.15) is 6.17 Å². The van der Waals surface area contributed by atoms with Gasteiger partial charge in [-0.2, -0.15) is 0 Å². The summed E-state index contributed by atoms with van der Waals surface area (Å²) in [5.41, 5.74) is 1.25. The number of hydrogen-bond donors (Lipinski definition) is 3. The molecule has 1 atom stereocenters. The molecule has 0 aliphatic heterocycles. The lowest BCUT2D eigenvalue weighted by Crippen LogP contribution is -2.56. The Hall–Kier alpha value is -1.64. The van der Waals surface area contributed by atoms with Crippen LogP contribution in [-0.2, 0) is 11.2 Å². The summed E-state index contributed by atoms with van der Waals surface area (Å²) in [6.07, 6.45) is -1.08. The zero-order valence-corrected chi connectivity index (χ0v) is 19.8. The van der Waals surface area contributed by atoms with E-state index in [2.05, 4.69) is 16.0 Å². The fraction of sp³-hybridized carbons (Fsp3) is 0.263. The Kier molecular flexibility index (Phi) is 9.12. The number of halogens is 4. The van der Waals surface area contributed by atoms with Crippen LogP contribution in [0.1, 0.15) is 5.56 Å². The van der Waals surface area contributed by atoms with Crippen molar-refractivity contribution >= 4 is 75.3 Å². The van der Waals surface area contributed by atoms with E-state index in [0.717, 1.165) is 0 Å². The second-order valence-corrected chi connectivity index (χ2v) is 9.17. The van der Waals surface area contributed by atoms with Crippen molar-refractivity contribution in [3.63, 3.8) is 0 Å². The number of benzene rings is 2. The Labute approximate surface area is 200 Å². The van der Waals surface area contributed by atoms with Gasteiger partial charge in [0.15, 0.2) is 16.6 Å². The molecule has 0 heterocycles. The number of ether oxygens (including phenoxy) is 2. The Morgan fingerprint density at radius 3 is 2.33 bits per heavy atom. The third-order valence-corrected chi connectivity index (χ3v) is 5.05. The Morgan fingerprint density at radius 2 is 1.73 bits per heavy atom. The SMILES string of the molecule is COc1ccc(CC(=O)N[C@H](NC(=S)Nc2ccccc2Cl)C(Cl)(Cl)Cl)cc1OC. The van der Waals surface area contributed by atoms with Crippen molar-refractivity contribution < 1.29 is 14.3 Å². The summed E-state index contributed by atoms with van der Waals surface area (Å²) in [5, 5.41) is 8.88. The van der Waals surface area contributed by atoms with E-state index in [4.69, 9.17) is 68.1 Å². The topological polar surface area (TPSA) is 71.6 Å². The molecule has 2 rings (SSSR count). The summed E-state index contributed by atoms with van der Waals surface area (Å²) >= 11 is 29.4. The minimum Gasteiger partial charge on any atom is -0.493 e. The van der Waals surface area contributed by atoms with Crippen LogP contribution >= 0.6 is 58.6 Å². The van der Waals surface area contributed by atoms with Crippen molar-refractivity contribution in [2.45, 2.75) is 16.4 Å². The molecule has 162 valence electrons. The number of anilines is 1. The van der Waals surface area contributed by atoms with Gasteiger partial charge in [0, 0.05) is 0 Å². The summed E-state index contributed by atoms with van der Waals surface area (Å²) in [4.78, 5) is 12.5. The Balaban J connectivity index is 2.04. The van der Waals surface area contributed by atoms with Gasteiger partial charge in [0.2, 0.25) is 9.70 Å². The number of amides is 1. The van der Waals surface area contributed by atoms with Crippen molar-refractivity contribution in [3.8, 4) is 11.5 Å². The van der Waals surface area contributed by atoms with Crippen molar-refractivity contribution in [1.29, 1.82) is 0 Å². The highest BCUT2D eigenvalue weighted by molar-refractivity contribution is 7.80. The molecule has 3 N–H and O–H groups in total. The predicted octanol–water partition coefficient (Wildman–Crippen LogP) is 4.70. The predicted molar refractivity (Wildman–Crippen MR) is 126 cm³/mol. The van der Waals surface area contributed by atoms with Gasteiger partial charge in [-0.25, -0.2) is 0 Å². The Morgan fingerprint density at radius 1 is 1.07 bits per heavy atom. The van der Waals surface area contributed by atoms with Crippen molar-refractivity contribution in [3.05, 3.63) is 53.1 Å². The van der Waals surface area contributed by atoms with Crippen LogP contribution < -0.4 is 25.4 Å². The van der Waals surface area contributed by atoms with Crippen LogP contribution in [0.15, 0.2) is 42.5 Å². The zero-order chi connectivity index (χ0) is 22.3. The number of rotatable bonds is 7. The third kappa shape index (κ3) is 7.25. The molecule has 0 aliphatic rings. The molecular weight excluding hydrogens is 492 g/mol. The first-order chi connectivity index (χ1) is 14.1. The van der Waals surface area contributed by atoms with E-state index in [-0.39, 0.29) is 11.5 Å². The van der Waals surface area contributed by atoms with E-state index in [9.17, 15) is 4.79 Å². The molecule has 1 amide bonds. The number of methoxy groups -OCH3 is 2. The van der Waals surface area contributed by atoms with Crippen molar-refractivity contribution in [2.75, 3.05) is 19.5 Å². The lowest BCUT2D eigenvalue weighted by Gasteiger charge is -2.28. The monoisotopic (exact) mass is 509 g/mol. The summed E-state index contributed by atoms with van der Waals surface area (Å²) < 4.78 is 8.56. The number of carbonyl (C=O) groups is 1. The van der Waals surface area contributed by atoms with Gasteiger partial charge in [-0.05, 0) is 42.0 Å². The summed E-state index contributed by atoms with van der Waals surface area (Å²) in [7, 11) is 3.04. The maximum atomic E-state index is 12.5. The number of alkyl halides is 3. The number of carbonyl (C=O) groups excluding carboxylic acids is 1. The first-order valence-corrected chi connectivity index (χ1v) is 10.4. The van der Waals surface area contributed by atoms with E-state index < -0.39 is 15.9 Å². The van der Waals surface area contributed by atoms with E-state index in [1.54, 1.807) is 42.5 Å². The van der Waals surface area contributed by atoms with Gasteiger partial charge in [-0.1, -0.05) is 64.6 Å². The number of hydrogen-bond acceptors (Lipinski definition) is 4. The quantitative estimate of drug-likeness (QED) is 0.285. The summed E-state index contributed by atoms with van der Waals surface area (Å²) in [5.74, 6) is 0.661. The molecule has 6 nitrogen and oxygen atoms in total. The van der Waals surface area contributed by atoms with E-state index in [0.29, 0.717) is 27.8 Å². The second kappa shape index (κ2) is 11.1. The van der Waals surface area contributed by atoms with Crippen LogP contribution in [0, 0.1) is 0 Å². The minimum atomic E-state index is -1.88. The zero-order valence-electron chi connectivity index (χ0n) is 16.0. The van der Waals surface area contributed by atoms with Gasteiger partial charge in [-0.3, -0.25) is 4.79 Å². The summed E-state index contributed by atoms with van der Waals surface area (Å²) in [6, 6.07) is 12.1. The molecule has 0 unspecified atom stereocenters. The second-order valence-electron chi connectivity index (χ2n) is 5.99. The molecule has 0 fully saturated rings. The molecule has 2 aromatic rings. The fourth-order valence-electron chi connectivity index (χ4n) is 2.44. The van der Waals surface area contributed by atoms with Crippen LogP contribution in [0.25, 0.3) is 0 Å². The van der Waals surface area contributed by atoms with Gasteiger partial charge in [-0.15, -0.1) is 0 Å². The smallest absolute Gasteiger partial charge is 0.228 e. The van der Waals surface area contributed by atoms with E-state index in [1.165, 1.54) is 14.2 Å². The standard InChI is InChI=1S/C19H19Cl4N3O3S/c1-28-14-8-7-11(9-15(14)29-2)10-16(27)25-17(19(21,22)23)26-18(30)24-13-6-4-3-5-12(13)20/h3-9,17H,10H2,1-2H3,(H,25,27)(H2,24,26,30)/t17-/m1/s1. The molecule has 0 saturated heterocycles. The molecule has 0 bridgehead atoms. The lowest BCUT2D eigenvalue weighted by molar-refractivity contribution is -0.121. The van der Waals surface area contributed by atoms with Crippen LogP contribution in [0.3, 0.4) is 0 Å². The number of nitrogens with one attached hydrogen (secondary N) is 3. The molecule has 0 aliphatic carbocycles. The third-order valence-electron chi connectivity index (χ3n) is 3.84. The van der Waals surface area contributed by atoms with Crippen LogP contribution in [0.2, 0.25) is 5.02 Å². The van der Waals surface area contributed by atoms with Crippen LogP contribution in [0.5, 0.6) is 11.5 Å². The van der Waals surface area contributed by atoms with Gasteiger partial charge < -0.3 is 25.4 Å². The molecule has 0 spiro atoms. The van der Waals surface area contributed by atoms with Crippen molar-refractivity contribution in [1.82, 2.24) is 10.6 Å². The molecule has 0 aromatic heterocycles. The average molecular weight is 511 g/mol. The largest absolute Gasteiger partial charge is 0.493 e. The van der Waals surface area contributed by atoms with Crippen LogP contribution in [0.4, 0.5) is 5.69 Å². The normalized spacial score (nSPS) is 11.9. The van der Waals surface area contributed by atoms with Gasteiger partial charge >= 0.3 is 0 Å². The highest BCUT2D eigenvalue weighted by Gasteiger charge is 2.34. The first-order valence-electron chi connectivity index (χ1n) is 8.53. The maximum Gasteiger partial charge on any atom is 0.228 e. The maximum absolute atomic E-state index is 12.5. The van der Waals surface area contributed by atoms with Crippen molar-refractivity contribution in [2.24, 2.45) is 0 Å². The lowest BCUT2D eigenvalue weighted by atomic mass is 10.1. The highest BCUT2D eigenvalue weighted by Crippen LogP contribution is 2.30. The van der Waals surface area contributed by atoms with E-state index >= 15 is 0 Å². The average Bonchev–Trinajstić information content (AvgIpc) is 2.68. The number of thiocarbonyl (C=S) groups is 1. The number of para-hydroxylation sites is 1. The first kappa shape index (κ1) is 24.6.